The van der Waals surface area contributed by atoms with E-state index >= 15 is 0 Å². The molecule has 19 heteroatoms. The van der Waals surface area contributed by atoms with Crippen molar-refractivity contribution >= 4 is 67.5 Å². The van der Waals surface area contributed by atoms with Crippen molar-refractivity contribution < 1.29 is 59.7 Å². The smallest absolute Gasteiger partial charge is 0.258 e. The zero-order valence-electron chi connectivity index (χ0n) is 36.3. The molecule has 0 atom stereocenters. The number of fused-ring (bicyclic) bond motifs is 6. The molecular formula is C50H36IrN8O10-4. The molecule has 18 nitrogen and oxygen atoms in total. The Kier molecular flexibility index (Phi) is 19.8. The Morgan fingerprint density at radius 3 is 0.826 bits per heavy atom. The predicted molar refractivity (Wildman–Crippen MR) is 243 cm³/mol. The minimum Gasteiger partial charge on any atom is -0.543 e. The molecule has 0 aliphatic carbocycles. The van der Waals surface area contributed by atoms with E-state index in [1.165, 1.54) is 49.1 Å². The van der Waals surface area contributed by atoms with Gasteiger partial charge in [-0.1, -0.05) is 60.7 Å². The van der Waals surface area contributed by atoms with Crippen molar-refractivity contribution in [3.63, 3.8) is 0 Å². The van der Waals surface area contributed by atoms with E-state index in [2.05, 4.69) is 29.9 Å². The summed E-state index contributed by atoms with van der Waals surface area (Å²) in [5, 5.41) is 43.4. The van der Waals surface area contributed by atoms with E-state index in [1.54, 1.807) is 84.2 Å². The average molecular weight is 1100 g/mol. The number of carbonyl (C=O) groups is 4. The number of hydrogen-bond donors (Lipinski definition) is 0. The van der Waals surface area contributed by atoms with E-state index in [9.17, 15) is 49.2 Å². The predicted octanol–water partition coefficient (Wildman–Crippen LogP) is 1.95. The number of hydrogen-bond acceptors (Lipinski definition) is 16. The van der Waals surface area contributed by atoms with Crippen LogP contribution in [0.4, 0.5) is 0 Å². The zero-order chi connectivity index (χ0) is 49.0. The Labute approximate surface area is 404 Å². The van der Waals surface area contributed by atoms with Crippen molar-refractivity contribution in [3.8, 4) is 0 Å². The summed E-state index contributed by atoms with van der Waals surface area (Å²) in [6, 6.07) is 41.2. The van der Waals surface area contributed by atoms with Crippen LogP contribution in [0.1, 0.15) is 42.0 Å². The van der Waals surface area contributed by atoms with Gasteiger partial charge in [-0.25, -0.2) is 0 Å². The van der Waals surface area contributed by atoms with Gasteiger partial charge in [-0.3, -0.25) is 39.5 Å². The quantitative estimate of drug-likeness (QED) is 0.228. The Balaban J connectivity index is 0.000000184. The maximum absolute atomic E-state index is 12.1. The normalized spacial score (nSPS) is 9.77. The summed E-state index contributed by atoms with van der Waals surface area (Å²) in [7, 11) is 3.55. The number of carbonyl (C=O) groups excluding carboxylic acids is 4. The summed E-state index contributed by atoms with van der Waals surface area (Å²) >= 11 is 0. The van der Waals surface area contributed by atoms with E-state index in [0.717, 1.165) is 43.6 Å². The first kappa shape index (κ1) is 52.4. The minimum atomic E-state index is -1.24. The second-order valence-electron chi connectivity index (χ2n) is 13.6. The monoisotopic (exact) mass is 1100 g/mol. The summed E-state index contributed by atoms with van der Waals surface area (Å²) in [6.07, 6.45) is 9.13. The minimum absolute atomic E-state index is 0. The van der Waals surface area contributed by atoms with Crippen LogP contribution in [0, 0.1) is 0 Å². The van der Waals surface area contributed by atoms with E-state index in [1.807, 2.05) is 72.8 Å². The van der Waals surface area contributed by atoms with Crippen LogP contribution in [-0.2, 0) is 34.2 Å². The van der Waals surface area contributed by atoms with Gasteiger partial charge in [0.2, 0.25) is 0 Å². The van der Waals surface area contributed by atoms with Gasteiger partial charge in [-0.15, -0.1) is 0 Å². The molecule has 69 heavy (non-hydrogen) atoms. The number of aryl methyl sites for hydroxylation is 2. The summed E-state index contributed by atoms with van der Waals surface area (Å²) in [5.41, 5.74) is 3.41. The third kappa shape index (κ3) is 14.4. The molecule has 1 radical (unpaired) electrons. The van der Waals surface area contributed by atoms with Gasteiger partial charge in [-0.2, -0.15) is 0 Å². The number of pyridine rings is 8. The standard InChI is InChI=1S/2C13H10N2O.4C6H5NO2.Ir/c2*1-15-11-7-4-8-14-12(11)9-5-2-3-6-10(9)13(15)16;4*8-6(9)5-3-1-2-4-7-5;/h2*2-8H,1H3;4*1-4H,(H,8,9);/p-4. The third-order valence-electron chi connectivity index (χ3n) is 9.23. The van der Waals surface area contributed by atoms with Crippen LogP contribution in [-0.4, -0.2) is 62.9 Å². The number of nitrogens with zero attached hydrogens (tertiary/aromatic N) is 8. The molecule has 0 unspecified atom stereocenters. The SMILES string of the molecule is Cn1c(=O)c2ccccc2c2ncccc21.Cn1c(=O)c2ccccc2c2ncccc21.O=C([O-])c1ccccn1.O=C([O-])c1ccccn1.O=C([O-])c1ccccn1.O=C([O-])c1ccccn1.[Ir]. The van der Waals surface area contributed by atoms with Crippen molar-refractivity contribution in [1.82, 2.24) is 39.0 Å². The number of carboxylic acid groups (broad SMARTS) is 4. The Bertz CT molecular complexity index is 3110. The summed E-state index contributed by atoms with van der Waals surface area (Å²) in [6.45, 7) is 0. The number of rotatable bonds is 4. The average Bonchev–Trinajstić information content (AvgIpc) is 3.39. The fraction of sp³-hybridized carbons (Fsp3) is 0.0400. The second-order valence-corrected chi connectivity index (χ2v) is 13.6. The van der Waals surface area contributed by atoms with Gasteiger partial charge >= 0.3 is 0 Å². The van der Waals surface area contributed by atoms with E-state index in [-0.39, 0.29) is 54.0 Å². The number of carboxylic acids is 4. The summed E-state index contributed by atoms with van der Waals surface area (Å²) in [4.78, 5) is 87.0. The van der Waals surface area contributed by atoms with Gasteiger partial charge in [0.05, 0.1) is 68.7 Å². The van der Waals surface area contributed by atoms with Crippen LogP contribution >= 0.6 is 0 Å². The van der Waals surface area contributed by atoms with Gasteiger partial charge in [0.15, 0.2) is 0 Å². The number of benzene rings is 2. The first-order chi connectivity index (χ1) is 32.8. The van der Waals surface area contributed by atoms with E-state index < -0.39 is 23.9 Å². The van der Waals surface area contributed by atoms with Crippen molar-refractivity contribution in [1.29, 1.82) is 0 Å². The van der Waals surface area contributed by atoms with Crippen LogP contribution in [0.15, 0.2) is 192 Å². The molecule has 2 aromatic carbocycles. The molecule has 0 amide bonds. The molecule has 0 aliphatic rings. The number of aromatic nitrogens is 8. The molecule has 10 aromatic rings. The molecule has 0 fully saturated rings. The first-order valence-corrected chi connectivity index (χ1v) is 19.9. The molecular weight excluding hydrogens is 1060 g/mol. The Hall–Kier alpha value is -9.19. The zero-order valence-corrected chi connectivity index (χ0v) is 38.7. The van der Waals surface area contributed by atoms with Gasteiger partial charge in [0.25, 0.3) is 11.1 Å². The fourth-order valence-corrected chi connectivity index (χ4v) is 6.02. The largest absolute Gasteiger partial charge is 0.543 e. The van der Waals surface area contributed by atoms with Crippen LogP contribution < -0.4 is 31.5 Å². The second kappa shape index (κ2) is 26.1. The Morgan fingerprint density at radius 2 is 0.594 bits per heavy atom. The summed E-state index contributed by atoms with van der Waals surface area (Å²) in [5.74, 6) is -4.96. The molecule has 0 aliphatic heterocycles. The molecule has 0 saturated heterocycles. The van der Waals surface area contributed by atoms with Gasteiger partial charge in [0, 0.05) is 92.9 Å². The van der Waals surface area contributed by atoms with Crippen molar-refractivity contribution in [2.75, 3.05) is 0 Å². The third-order valence-corrected chi connectivity index (χ3v) is 9.23. The van der Waals surface area contributed by atoms with Crippen LogP contribution in [0.25, 0.3) is 43.6 Å². The first-order valence-electron chi connectivity index (χ1n) is 19.9. The molecule has 8 heterocycles. The molecule has 8 aromatic heterocycles. The van der Waals surface area contributed by atoms with Crippen molar-refractivity contribution in [3.05, 3.63) is 226 Å². The topological polar surface area (TPSA) is 282 Å². The molecule has 0 bridgehead atoms. The number of aromatic carboxylic acids is 4. The van der Waals surface area contributed by atoms with Gasteiger partial charge in [-0.05, 0) is 84.9 Å². The van der Waals surface area contributed by atoms with Crippen molar-refractivity contribution in [2.45, 2.75) is 0 Å². The molecule has 0 saturated carbocycles. The van der Waals surface area contributed by atoms with Crippen LogP contribution in [0.5, 0.6) is 0 Å². The molecule has 349 valence electrons. The molecule has 0 spiro atoms. The maximum atomic E-state index is 12.1. The molecule has 10 rings (SSSR count). The van der Waals surface area contributed by atoms with Crippen LogP contribution in [0.3, 0.4) is 0 Å². The Morgan fingerprint density at radius 1 is 0.348 bits per heavy atom. The van der Waals surface area contributed by atoms with Crippen molar-refractivity contribution in [2.24, 2.45) is 14.1 Å². The summed E-state index contributed by atoms with van der Waals surface area (Å²) < 4.78 is 3.29. The maximum Gasteiger partial charge on any atom is 0.258 e. The van der Waals surface area contributed by atoms with E-state index in [0.29, 0.717) is 0 Å². The fourth-order valence-electron chi connectivity index (χ4n) is 6.02. The molecule has 0 N–H and O–H groups in total. The van der Waals surface area contributed by atoms with E-state index in [4.69, 9.17) is 0 Å². The van der Waals surface area contributed by atoms with Gasteiger partial charge in [0.1, 0.15) is 0 Å². The van der Waals surface area contributed by atoms with Gasteiger partial charge < -0.3 is 48.7 Å². The van der Waals surface area contributed by atoms with Crippen LogP contribution in [0.2, 0.25) is 0 Å².